The minimum absolute atomic E-state index is 0.202. The van der Waals surface area contributed by atoms with Crippen molar-refractivity contribution in [3.05, 3.63) is 0 Å². The zero-order valence-electron chi connectivity index (χ0n) is 16.3. The third kappa shape index (κ3) is 8.89. The Morgan fingerprint density at radius 2 is 1.32 bits per heavy atom. The molecule has 0 aromatic rings. The van der Waals surface area contributed by atoms with E-state index in [9.17, 15) is 25.9 Å². The number of hydrogen-bond acceptors (Lipinski definition) is 6. The lowest BCUT2D eigenvalue weighted by Crippen LogP contribution is -2.58. The summed E-state index contributed by atoms with van der Waals surface area (Å²) in [6.07, 6.45) is 0. The molecule has 28 heavy (non-hydrogen) atoms. The molecule has 0 amide bonds. The summed E-state index contributed by atoms with van der Waals surface area (Å²) in [4.78, 5) is 0. The molecule has 0 heterocycles. The Balaban J connectivity index is 0. The summed E-state index contributed by atoms with van der Waals surface area (Å²) >= 11 is 0. The first-order valence-corrected chi connectivity index (χ1v) is 10.1. The third-order valence-corrected chi connectivity index (χ3v) is 6.08. The molecular formula is C11H27F3N8O4S2+2. The summed E-state index contributed by atoms with van der Waals surface area (Å²) in [5.74, 6) is -3.46. The molecule has 0 spiro atoms. The first-order chi connectivity index (χ1) is 12.2. The van der Waals surface area contributed by atoms with E-state index in [1.807, 2.05) is 0 Å². The van der Waals surface area contributed by atoms with Crippen molar-refractivity contribution < 1.29 is 41.1 Å². The van der Waals surface area contributed by atoms with Crippen LogP contribution < -0.4 is 22.3 Å². The van der Waals surface area contributed by atoms with Crippen LogP contribution in [0.4, 0.5) is 13.3 Å². The summed E-state index contributed by atoms with van der Waals surface area (Å²) in [6.45, 7) is 7.03. The summed E-state index contributed by atoms with van der Waals surface area (Å²) in [5.41, 5.74) is 9.49. The topological polar surface area (TPSA) is 204 Å². The molecule has 0 aromatic carbocycles. The van der Waals surface area contributed by atoms with Gasteiger partial charge in [-0.1, -0.05) is 8.16 Å². The molecule has 0 fully saturated rings. The Morgan fingerprint density at radius 1 is 1.00 bits per heavy atom. The van der Waals surface area contributed by atoms with Crippen LogP contribution in [0.1, 0.15) is 27.7 Å². The molecule has 0 aromatic heterocycles. The highest BCUT2D eigenvalue weighted by atomic mass is 32.3. The number of hydrogen-bond donors (Lipinski definition) is 4. The molecule has 1 unspecified atom stereocenters. The van der Waals surface area contributed by atoms with E-state index in [0.717, 1.165) is 14.1 Å². The summed E-state index contributed by atoms with van der Waals surface area (Å²) in [6, 6.07) is 0. The first-order valence-electron chi connectivity index (χ1n) is 7.24. The van der Waals surface area contributed by atoms with Crippen LogP contribution in [-0.4, -0.2) is 59.5 Å². The maximum absolute atomic E-state index is 11.9. The van der Waals surface area contributed by atoms with Gasteiger partial charge in [0.2, 0.25) is 0 Å². The van der Waals surface area contributed by atoms with Gasteiger partial charge >= 0.3 is 16.0 Å². The van der Waals surface area contributed by atoms with Crippen LogP contribution in [0.15, 0.2) is 14.0 Å². The highest BCUT2D eigenvalue weighted by Gasteiger charge is 2.31. The lowest BCUT2D eigenvalue weighted by Gasteiger charge is -2.16. The van der Waals surface area contributed by atoms with Crippen molar-refractivity contribution in [3.63, 3.8) is 0 Å². The van der Waals surface area contributed by atoms with E-state index >= 15 is 0 Å². The second-order valence-corrected chi connectivity index (χ2v) is 10.1. The fourth-order valence-electron chi connectivity index (χ4n) is 0.635. The Labute approximate surface area is 162 Å². The van der Waals surface area contributed by atoms with E-state index in [0.29, 0.717) is 4.31 Å². The largest absolute Gasteiger partial charge is 0.346 e. The molecule has 0 aliphatic carbocycles. The van der Waals surface area contributed by atoms with Crippen LogP contribution >= 0.6 is 0 Å². The molecule has 0 aliphatic heterocycles. The van der Waals surface area contributed by atoms with Gasteiger partial charge < -0.3 is 0 Å². The molecule has 12 nitrogen and oxygen atoms in total. The van der Waals surface area contributed by atoms with E-state index in [1.165, 1.54) is 0 Å². The molecular weight excluding hydrogens is 429 g/mol. The van der Waals surface area contributed by atoms with Crippen LogP contribution in [0.2, 0.25) is 0 Å². The monoisotopic (exact) mass is 456 g/mol. The zero-order valence-corrected chi connectivity index (χ0v) is 17.9. The number of azo groups is 1. The third-order valence-electron chi connectivity index (χ3n) is 2.94. The second kappa shape index (κ2) is 10.1. The summed E-state index contributed by atoms with van der Waals surface area (Å²) in [7, 11) is -7.83. The van der Waals surface area contributed by atoms with Crippen molar-refractivity contribution in [2.75, 3.05) is 14.1 Å². The molecule has 0 radical (unpaired) electrons. The standard InChI is InChI=1S/C8H18N6.C3H7F3N2O4S2/c1-7(2,5(9)10)13-14-8(3,4)6(11)12;1-8(2)14(10,11)7-13(9,12-6)3(4)5/h1-4H3,(H3,9,10)(H3,11,12);3H,1-2H3/p+2. The van der Waals surface area contributed by atoms with Crippen LogP contribution in [0, 0.1) is 0 Å². The van der Waals surface area contributed by atoms with Gasteiger partial charge in [-0.3, -0.25) is 22.3 Å². The van der Waals surface area contributed by atoms with Gasteiger partial charge in [-0.05, 0) is 32.2 Å². The maximum Gasteiger partial charge on any atom is 0.346 e. The van der Waals surface area contributed by atoms with E-state index in [4.69, 9.17) is 22.3 Å². The number of amidine groups is 2. The Hall–Kier alpha value is -1.85. The Morgan fingerprint density at radius 3 is 1.50 bits per heavy atom. The van der Waals surface area contributed by atoms with Gasteiger partial charge in [-0.25, -0.2) is 4.21 Å². The highest BCUT2D eigenvalue weighted by Crippen LogP contribution is 2.15. The number of alkyl halides is 2. The van der Waals surface area contributed by atoms with Gasteiger partial charge in [0, 0.05) is 14.1 Å². The van der Waals surface area contributed by atoms with Crippen molar-refractivity contribution in [1.29, 1.82) is 0 Å². The second-order valence-electron chi connectivity index (χ2n) is 6.40. The lowest BCUT2D eigenvalue weighted by molar-refractivity contribution is -0.124. The van der Waals surface area contributed by atoms with E-state index in [2.05, 4.69) is 18.4 Å². The number of nitrogens with two attached hydrogens (primary N) is 4. The van der Waals surface area contributed by atoms with E-state index in [-0.39, 0.29) is 11.7 Å². The molecule has 0 rings (SSSR count). The minimum atomic E-state index is -5.15. The molecule has 8 N–H and O–H groups in total. The lowest BCUT2D eigenvalue weighted by atomic mass is 10.1. The smallest absolute Gasteiger partial charge is 0.289 e. The van der Waals surface area contributed by atoms with Crippen molar-refractivity contribution in [2.24, 2.45) is 25.5 Å². The van der Waals surface area contributed by atoms with Gasteiger partial charge in [0.1, 0.15) is 0 Å². The van der Waals surface area contributed by atoms with Gasteiger partial charge in [0.05, 0.1) is 0 Å². The van der Waals surface area contributed by atoms with Crippen LogP contribution in [0.5, 0.6) is 0 Å². The van der Waals surface area contributed by atoms with Crippen molar-refractivity contribution in [3.8, 4) is 0 Å². The van der Waals surface area contributed by atoms with Crippen molar-refractivity contribution in [2.45, 2.75) is 44.5 Å². The molecule has 0 aliphatic rings. The molecule has 166 valence electrons. The normalized spacial score (nSPS) is 15.1. The van der Waals surface area contributed by atoms with E-state index in [1.54, 1.807) is 27.7 Å². The zero-order chi connectivity index (χ0) is 23.1. The summed E-state index contributed by atoms with van der Waals surface area (Å²) < 4.78 is 72.4. The van der Waals surface area contributed by atoms with Crippen LogP contribution in [-0.2, 0) is 24.6 Å². The molecule has 0 saturated carbocycles. The predicted molar refractivity (Wildman–Crippen MR) is 96.6 cm³/mol. The van der Waals surface area contributed by atoms with Crippen LogP contribution in [0.25, 0.3) is 0 Å². The van der Waals surface area contributed by atoms with Gasteiger partial charge in [0.15, 0.2) is 11.1 Å². The maximum atomic E-state index is 11.9. The van der Waals surface area contributed by atoms with Gasteiger partial charge in [0.25, 0.3) is 21.7 Å². The molecule has 0 saturated heterocycles. The van der Waals surface area contributed by atoms with Gasteiger partial charge in [-0.2, -0.15) is 31.7 Å². The fraction of sp³-hybridized carbons (Fsp3) is 0.818. The van der Waals surface area contributed by atoms with Gasteiger partial charge in [-0.15, -0.1) is 0 Å². The average Bonchev–Trinajstić information content (AvgIpc) is 2.52. The summed E-state index contributed by atoms with van der Waals surface area (Å²) in [5, 5.41) is 18.9. The number of rotatable bonds is 8. The fourth-order valence-corrected chi connectivity index (χ4v) is 2.63. The minimum Gasteiger partial charge on any atom is -0.289 e. The molecule has 17 heteroatoms. The predicted octanol–water partition coefficient (Wildman–Crippen LogP) is -2.47. The SMILES string of the molecule is CC(C)(N=NC(C)(C)C(N)=[NH2+])C(N)=[NH2+].CN(C)S(=O)(=O)N=S(=O)(OF)C(F)F. The van der Waals surface area contributed by atoms with Crippen LogP contribution in [0.3, 0.4) is 0 Å². The Kier molecular flexibility index (Phi) is 10.2. The average molecular weight is 457 g/mol. The van der Waals surface area contributed by atoms with Crippen molar-refractivity contribution >= 4 is 31.9 Å². The number of halogens is 3. The first kappa shape index (κ1) is 28.4. The van der Waals surface area contributed by atoms with E-state index < -0.39 is 37.1 Å². The molecule has 0 bridgehead atoms. The highest BCUT2D eigenvalue weighted by molar-refractivity contribution is 7.99. The molecule has 1 atom stereocenters. The van der Waals surface area contributed by atoms with Crippen molar-refractivity contribution in [1.82, 2.24) is 4.31 Å². The number of nitrogens with zero attached hydrogens (tertiary/aromatic N) is 4. The Bertz CT molecular complexity index is 790. The quantitative estimate of drug-likeness (QED) is 0.177.